The Balaban J connectivity index is 1.91. The summed E-state index contributed by atoms with van der Waals surface area (Å²) >= 11 is 1.17. The molecule has 170 valence electrons. The number of hydrogen-bond acceptors (Lipinski definition) is 7. The Hall–Kier alpha value is -1.49. The van der Waals surface area contributed by atoms with Crippen LogP contribution in [-0.2, 0) is 26.2 Å². The molecular weight excluding hydrogens is 428 g/mol. The first-order valence-electron chi connectivity index (χ1n) is 10.4. The van der Waals surface area contributed by atoms with Gasteiger partial charge in [0.2, 0.25) is 15.9 Å². The molecule has 0 aliphatic carbocycles. The van der Waals surface area contributed by atoms with Crippen molar-refractivity contribution in [1.29, 1.82) is 0 Å². The number of rotatable bonds is 13. The molecule has 0 radical (unpaired) electrons. The van der Waals surface area contributed by atoms with Gasteiger partial charge in [-0.05, 0) is 37.8 Å². The number of sulfonamides is 1. The maximum absolute atomic E-state index is 11.9. The molecule has 1 fully saturated rings. The smallest absolute Gasteiger partial charge is 0.274 e. The lowest BCUT2D eigenvalue weighted by Crippen LogP contribution is -2.38. The van der Waals surface area contributed by atoms with Crippen LogP contribution in [0.5, 0.6) is 0 Å². The van der Waals surface area contributed by atoms with Crippen LogP contribution in [0.25, 0.3) is 0 Å². The topological polar surface area (TPSA) is 122 Å². The van der Waals surface area contributed by atoms with Crippen molar-refractivity contribution in [2.45, 2.75) is 83.1 Å². The van der Waals surface area contributed by atoms with Gasteiger partial charge in [0.05, 0.1) is 36.0 Å². The van der Waals surface area contributed by atoms with Crippen LogP contribution >= 0.6 is 11.3 Å². The van der Waals surface area contributed by atoms with Gasteiger partial charge in [0, 0.05) is 11.3 Å². The molecule has 0 aromatic carbocycles. The molecule has 2 rings (SSSR count). The van der Waals surface area contributed by atoms with Gasteiger partial charge in [-0.3, -0.25) is 9.59 Å². The fourth-order valence-corrected chi connectivity index (χ4v) is 4.77. The average molecular weight is 461 g/mol. The normalized spacial score (nSPS) is 18.8. The number of aliphatic hydroxyl groups is 1. The zero-order valence-corrected chi connectivity index (χ0v) is 19.2. The molecule has 1 aliphatic rings. The van der Waals surface area contributed by atoms with E-state index in [0.717, 1.165) is 36.8 Å². The Labute approximate surface area is 182 Å². The Kier molecular flexibility index (Phi) is 9.73. The first-order chi connectivity index (χ1) is 14.2. The Morgan fingerprint density at radius 3 is 2.73 bits per heavy atom. The first-order valence-corrected chi connectivity index (χ1v) is 13.1. The van der Waals surface area contributed by atoms with E-state index in [1.54, 1.807) is 12.1 Å². The molecule has 10 heteroatoms. The van der Waals surface area contributed by atoms with Crippen molar-refractivity contribution >= 4 is 33.2 Å². The maximum Gasteiger partial charge on any atom is 0.274 e. The molecule has 8 nitrogen and oxygen atoms in total. The number of nitrogens with one attached hydrogen (secondary N) is 2. The van der Waals surface area contributed by atoms with Gasteiger partial charge in [0.1, 0.15) is 0 Å². The second-order valence-corrected chi connectivity index (χ2v) is 10.7. The Morgan fingerprint density at radius 2 is 2.10 bits per heavy atom. The van der Waals surface area contributed by atoms with Crippen LogP contribution in [0.1, 0.15) is 72.8 Å². The molecular formula is C20H32N2O6S2. The summed E-state index contributed by atoms with van der Waals surface area (Å²) in [5.41, 5.74) is 0. The minimum atomic E-state index is -3.62. The van der Waals surface area contributed by atoms with Crippen molar-refractivity contribution < 1.29 is 27.9 Å². The molecule has 0 saturated carbocycles. The number of amides is 2. The molecule has 3 N–H and O–H groups in total. The Morgan fingerprint density at radius 1 is 1.33 bits per heavy atom. The molecule has 2 heterocycles. The zero-order chi connectivity index (χ0) is 22.1. The van der Waals surface area contributed by atoms with Crippen molar-refractivity contribution in [3.8, 4) is 0 Å². The number of carbonyl (C=O) groups is 2. The number of ether oxygens (including phenoxy) is 1. The summed E-state index contributed by atoms with van der Waals surface area (Å²) in [4.78, 5) is 24.6. The fourth-order valence-electron chi connectivity index (χ4n) is 3.43. The van der Waals surface area contributed by atoms with Crippen LogP contribution in [-0.4, -0.2) is 49.8 Å². The molecule has 1 aromatic rings. The highest BCUT2D eigenvalue weighted by Gasteiger charge is 2.30. The molecule has 2 amide bonds. The SMILES string of the molecule is CCCCC[C@@H](O)CCC(OCc1ccc(C(=O)NS(C)(=O)=O)s1)C1CCC(=O)N1. The quantitative estimate of drug-likeness (QED) is 0.388. The summed E-state index contributed by atoms with van der Waals surface area (Å²) in [6.45, 7) is 2.37. The van der Waals surface area contributed by atoms with E-state index < -0.39 is 15.9 Å². The summed E-state index contributed by atoms with van der Waals surface area (Å²) in [6, 6.07) is 3.20. The number of unbranched alkanes of at least 4 members (excludes halogenated alkanes) is 2. The van der Waals surface area contributed by atoms with Crippen LogP contribution in [0.2, 0.25) is 0 Å². The molecule has 1 saturated heterocycles. The van der Waals surface area contributed by atoms with E-state index in [2.05, 4.69) is 12.2 Å². The summed E-state index contributed by atoms with van der Waals surface area (Å²) in [5.74, 6) is -0.656. The Bertz CT molecular complexity index is 808. The van der Waals surface area contributed by atoms with Gasteiger partial charge < -0.3 is 15.2 Å². The highest BCUT2D eigenvalue weighted by molar-refractivity contribution is 7.89. The second-order valence-electron chi connectivity index (χ2n) is 7.76. The third kappa shape index (κ3) is 8.71. The van der Waals surface area contributed by atoms with E-state index >= 15 is 0 Å². The lowest BCUT2D eigenvalue weighted by molar-refractivity contribution is -0.120. The van der Waals surface area contributed by atoms with Crippen molar-refractivity contribution in [2.75, 3.05) is 6.26 Å². The fraction of sp³-hybridized carbons (Fsp3) is 0.700. The molecule has 3 atom stereocenters. The average Bonchev–Trinajstić information content (AvgIpc) is 3.30. The molecule has 0 bridgehead atoms. The lowest BCUT2D eigenvalue weighted by atomic mass is 9.99. The van der Waals surface area contributed by atoms with Gasteiger partial charge in [0.15, 0.2) is 0 Å². The minimum Gasteiger partial charge on any atom is -0.393 e. The van der Waals surface area contributed by atoms with Gasteiger partial charge in [-0.2, -0.15) is 0 Å². The third-order valence-corrected chi connectivity index (χ3v) is 6.62. The largest absolute Gasteiger partial charge is 0.393 e. The van der Waals surface area contributed by atoms with Crippen molar-refractivity contribution in [2.24, 2.45) is 0 Å². The van der Waals surface area contributed by atoms with Gasteiger partial charge in [-0.25, -0.2) is 13.1 Å². The van der Waals surface area contributed by atoms with Gasteiger partial charge >= 0.3 is 0 Å². The van der Waals surface area contributed by atoms with Gasteiger partial charge in [-0.15, -0.1) is 11.3 Å². The monoisotopic (exact) mass is 460 g/mol. The number of thiophene rings is 1. The molecule has 0 spiro atoms. The maximum atomic E-state index is 11.9. The molecule has 30 heavy (non-hydrogen) atoms. The summed E-state index contributed by atoms with van der Waals surface area (Å²) in [5, 5.41) is 13.2. The van der Waals surface area contributed by atoms with Crippen LogP contribution in [0, 0.1) is 0 Å². The van der Waals surface area contributed by atoms with E-state index in [1.165, 1.54) is 11.3 Å². The molecule has 2 unspecified atom stereocenters. The van der Waals surface area contributed by atoms with Crippen LogP contribution in [0.3, 0.4) is 0 Å². The highest BCUT2D eigenvalue weighted by Crippen LogP contribution is 2.23. The van der Waals surface area contributed by atoms with Crippen molar-refractivity contribution in [3.05, 3.63) is 21.9 Å². The van der Waals surface area contributed by atoms with Crippen LogP contribution in [0.15, 0.2) is 12.1 Å². The lowest BCUT2D eigenvalue weighted by Gasteiger charge is -2.25. The number of aliphatic hydroxyl groups excluding tert-OH is 1. The predicted octanol–water partition coefficient (Wildman–Crippen LogP) is 2.32. The second kappa shape index (κ2) is 11.8. The zero-order valence-electron chi connectivity index (χ0n) is 17.6. The van der Waals surface area contributed by atoms with Crippen LogP contribution < -0.4 is 10.0 Å². The highest BCUT2D eigenvalue weighted by atomic mass is 32.2. The summed E-state index contributed by atoms with van der Waals surface area (Å²) in [6.07, 6.45) is 6.69. The van der Waals surface area contributed by atoms with E-state index in [0.29, 0.717) is 25.7 Å². The molecule has 1 aliphatic heterocycles. The van der Waals surface area contributed by atoms with Gasteiger partial charge in [0.25, 0.3) is 5.91 Å². The first kappa shape index (κ1) is 24.8. The third-order valence-electron chi connectivity index (χ3n) is 5.01. The minimum absolute atomic E-state index is 0.00736. The summed E-state index contributed by atoms with van der Waals surface area (Å²) < 4.78 is 30.4. The van der Waals surface area contributed by atoms with Gasteiger partial charge in [-0.1, -0.05) is 26.2 Å². The van der Waals surface area contributed by atoms with Crippen molar-refractivity contribution in [3.63, 3.8) is 0 Å². The van der Waals surface area contributed by atoms with E-state index in [-0.39, 0.29) is 35.6 Å². The number of hydrogen-bond donors (Lipinski definition) is 3. The van der Waals surface area contributed by atoms with E-state index in [9.17, 15) is 23.1 Å². The summed E-state index contributed by atoms with van der Waals surface area (Å²) in [7, 11) is -3.62. The number of carbonyl (C=O) groups excluding carboxylic acids is 2. The van der Waals surface area contributed by atoms with E-state index in [1.807, 2.05) is 4.72 Å². The van der Waals surface area contributed by atoms with Crippen LogP contribution in [0.4, 0.5) is 0 Å². The van der Waals surface area contributed by atoms with Crippen molar-refractivity contribution in [1.82, 2.24) is 10.0 Å². The standard InChI is InChI=1S/C20H32N2O6S2/c1-3-4-5-6-14(23)7-10-17(16-9-12-19(24)21-16)28-13-15-8-11-18(29-15)20(25)22-30(2,26)27/h8,11,14,16-17,23H,3-7,9-10,12-13H2,1-2H3,(H,21,24)(H,22,25)/t14-,16?,17?/m1/s1. The molecule has 1 aromatic heterocycles. The predicted molar refractivity (Wildman–Crippen MR) is 116 cm³/mol. The van der Waals surface area contributed by atoms with E-state index in [4.69, 9.17) is 4.74 Å².